The highest BCUT2D eigenvalue weighted by Crippen LogP contribution is 2.45. The van der Waals surface area contributed by atoms with E-state index < -0.39 is 0 Å². The summed E-state index contributed by atoms with van der Waals surface area (Å²) in [6.45, 7) is 4.36. The first-order chi connectivity index (χ1) is 10.1. The summed E-state index contributed by atoms with van der Waals surface area (Å²) >= 11 is 1.38. The first-order valence-corrected chi connectivity index (χ1v) is 8.04. The molecular formula is C14H23N3O3S. The van der Waals surface area contributed by atoms with E-state index in [0.717, 1.165) is 30.9 Å². The highest BCUT2D eigenvalue weighted by molar-refractivity contribution is 7.19. The van der Waals surface area contributed by atoms with Gasteiger partial charge in [0.1, 0.15) is 15.6 Å². The molecule has 0 saturated carbocycles. The zero-order valence-electron chi connectivity index (χ0n) is 12.5. The van der Waals surface area contributed by atoms with E-state index in [-0.39, 0.29) is 12.5 Å². The zero-order chi connectivity index (χ0) is 15.4. The number of methoxy groups -OCH3 is 1. The molecule has 1 aromatic heterocycles. The molecule has 0 atom stereocenters. The summed E-state index contributed by atoms with van der Waals surface area (Å²) in [4.78, 5) is 14.7. The van der Waals surface area contributed by atoms with Crippen LogP contribution < -0.4 is 20.7 Å². The third kappa shape index (κ3) is 3.24. The third-order valence-electron chi connectivity index (χ3n) is 3.79. The van der Waals surface area contributed by atoms with E-state index in [9.17, 15) is 9.90 Å². The standard InChI is InChI=1S/C14H23N3O3S/c1-3-16-13(19)12-10(15)11(20-2)14(21-12)17-6-4-9(8-18)5-7-17/h9,18H,3-8,15H2,1-2H3,(H,16,19). The van der Waals surface area contributed by atoms with Gasteiger partial charge in [0.15, 0.2) is 5.75 Å². The summed E-state index contributed by atoms with van der Waals surface area (Å²) in [5, 5.41) is 12.9. The van der Waals surface area contributed by atoms with Crippen LogP contribution in [0.3, 0.4) is 0 Å². The molecule has 21 heavy (non-hydrogen) atoms. The number of aliphatic hydroxyl groups is 1. The fraction of sp³-hybridized carbons (Fsp3) is 0.643. The van der Waals surface area contributed by atoms with Crippen molar-refractivity contribution in [3.8, 4) is 5.75 Å². The van der Waals surface area contributed by atoms with Crippen molar-refractivity contribution in [2.24, 2.45) is 5.92 Å². The number of piperidine rings is 1. The molecule has 1 aliphatic heterocycles. The number of nitrogens with zero attached hydrogens (tertiary/aromatic N) is 1. The molecule has 1 aromatic rings. The van der Waals surface area contributed by atoms with Gasteiger partial charge in [0, 0.05) is 26.2 Å². The van der Waals surface area contributed by atoms with Gasteiger partial charge in [-0.25, -0.2) is 0 Å². The number of ether oxygens (including phenoxy) is 1. The number of carbonyl (C=O) groups is 1. The number of thiophene rings is 1. The van der Waals surface area contributed by atoms with Crippen LogP contribution in [0.5, 0.6) is 5.75 Å². The molecule has 7 heteroatoms. The Labute approximate surface area is 128 Å². The number of hydrogen-bond donors (Lipinski definition) is 3. The van der Waals surface area contributed by atoms with Crippen LogP contribution in [0.2, 0.25) is 0 Å². The number of aliphatic hydroxyl groups excluding tert-OH is 1. The van der Waals surface area contributed by atoms with Crippen LogP contribution in [0, 0.1) is 5.92 Å². The SMILES string of the molecule is CCNC(=O)c1sc(N2CCC(CO)CC2)c(OC)c1N. The summed E-state index contributed by atoms with van der Waals surface area (Å²) in [6, 6.07) is 0. The normalized spacial score (nSPS) is 16.0. The molecule has 1 fully saturated rings. The van der Waals surface area contributed by atoms with Crippen LogP contribution in [0.15, 0.2) is 0 Å². The molecule has 2 rings (SSSR count). The van der Waals surface area contributed by atoms with Crippen molar-refractivity contribution < 1.29 is 14.6 Å². The van der Waals surface area contributed by atoms with Gasteiger partial charge in [-0.2, -0.15) is 0 Å². The van der Waals surface area contributed by atoms with Gasteiger partial charge in [0.05, 0.1) is 7.11 Å². The molecule has 0 aromatic carbocycles. The number of hydrogen-bond acceptors (Lipinski definition) is 6. The Kier molecular flexibility index (Phi) is 5.30. The Morgan fingerprint density at radius 3 is 2.71 bits per heavy atom. The lowest BCUT2D eigenvalue weighted by Crippen LogP contribution is -2.34. The lowest BCUT2D eigenvalue weighted by molar-refractivity contribution is 0.0960. The molecule has 1 aliphatic rings. The maximum absolute atomic E-state index is 12.0. The second kappa shape index (κ2) is 7.00. The van der Waals surface area contributed by atoms with Crippen LogP contribution in [0.1, 0.15) is 29.4 Å². The maximum Gasteiger partial charge on any atom is 0.263 e. The Morgan fingerprint density at radius 1 is 1.52 bits per heavy atom. The predicted octanol–water partition coefficient (Wildman–Crippen LogP) is 1.30. The first-order valence-electron chi connectivity index (χ1n) is 7.22. The summed E-state index contributed by atoms with van der Waals surface area (Å²) < 4.78 is 5.41. The van der Waals surface area contributed by atoms with Crippen LogP contribution in [0.4, 0.5) is 10.7 Å². The zero-order valence-corrected chi connectivity index (χ0v) is 13.3. The van der Waals surface area contributed by atoms with Gasteiger partial charge in [0.25, 0.3) is 5.91 Å². The molecule has 0 radical (unpaired) electrons. The van der Waals surface area contributed by atoms with Gasteiger partial charge < -0.3 is 25.8 Å². The molecule has 1 saturated heterocycles. The van der Waals surface area contributed by atoms with Crippen molar-refractivity contribution in [3.63, 3.8) is 0 Å². The summed E-state index contributed by atoms with van der Waals surface area (Å²) in [5.41, 5.74) is 6.47. The highest BCUT2D eigenvalue weighted by atomic mass is 32.1. The van der Waals surface area contributed by atoms with Crippen molar-refractivity contribution in [2.45, 2.75) is 19.8 Å². The second-order valence-corrected chi connectivity index (χ2v) is 6.15. The second-order valence-electron chi connectivity index (χ2n) is 5.16. The van der Waals surface area contributed by atoms with Crippen LogP contribution in [0.25, 0.3) is 0 Å². The Balaban J connectivity index is 2.23. The van der Waals surface area contributed by atoms with Crippen molar-refractivity contribution >= 4 is 27.9 Å². The minimum atomic E-state index is -0.158. The lowest BCUT2D eigenvalue weighted by atomic mass is 9.98. The fourth-order valence-electron chi connectivity index (χ4n) is 2.55. The van der Waals surface area contributed by atoms with E-state index in [0.29, 0.717) is 28.8 Å². The van der Waals surface area contributed by atoms with E-state index in [1.54, 1.807) is 7.11 Å². The summed E-state index contributed by atoms with van der Waals surface area (Å²) in [5.74, 6) is 0.797. The van der Waals surface area contributed by atoms with E-state index >= 15 is 0 Å². The molecule has 6 nitrogen and oxygen atoms in total. The molecule has 0 unspecified atom stereocenters. The van der Waals surface area contributed by atoms with Gasteiger partial charge in [-0.3, -0.25) is 4.79 Å². The lowest BCUT2D eigenvalue weighted by Gasteiger charge is -2.32. The molecule has 118 valence electrons. The first kappa shape index (κ1) is 15.9. The van der Waals surface area contributed by atoms with Crippen molar-refractivity contribution in [2.75, 3.05) is 44.0 Å². The molecule has 0 spiro atoms. The average molecular weight is 313 g/mol. The van der Waals surface area contributed by atoms with Crippen LogP contribution in [-0.2, 0) is 0 Å². The van der Waals surface area contributed by atoms with Crippen molar-refractivity contribution in [1.29, 1.82) is 0 Å². The molecule has 0 aliphatic carbocycles. The number of carbonyl (C=O) groups excluding carboxylic acids is 1. The fourth-order valence-corrected chi connectivity index (χ4v) is 3.71. The number of anilines is 2. The molecular weight excluding hydrogens is 290 g/mol. The van der Waals surface area contributed by atoms with Gasteiger partial charge in [0.2, 0.25) is 0 Å². The summed E-state index contributed by atoms with van der Waals surface area (Å²) in [6.07, 6.45) is 1.88. The van der Waals surface area contributed by atoms with E-state index in [1.165, 1.54) is 11.3 Å². The van der Waals surface area contributed by atoms with Gasteiger partial charge in [-0.1, -0.05) is 0 Å². The van der Waals surface area contributed by atoms with E-state index in [4.69, 9.17) is 10.5 Å². The maximum atomic E-state index is 12.0. The Morgan fingerprint density at radius 2 is 2.19 bits per heavy atom. The number of amides is 1. The quantitative estimate of drug-likeness (QED) is 0.762. The van der Waals surface area contributed by atoms with Crippen molar-refractivity contribution in [3.05, 3.63) is 4.88 Å². The Hall–Kier alpha value is -1.47. The van der Waals surface area contributed by atoms with E-state index in [2.05, 4.69) is 10.2 Å². The van der Waals surface area contributed by atoms with Crippen LogP contribution in [-0.4, -0.2) is 44.4 Å². The monoisotopic (exact) mass is 313 g/mol. The van der Waals surface area contributed by atoms with E-state index in [1.807, 2.05) is 6.92 Å². The minimum absolute atomic E-state index is 0.158. The topological polar surface area (TPSA) is 87.8 Å². The average Bonchev–Trinajstić information content (AvgIpc) is 2.84. The molecule has 1 amide bonds. The van der Waals surface area contributed by atoms with Gasteiger partial charge in [-0.15, -0.1) is 11.3 Å². The largest absolute Gasteiger partial charge is 0.492 e. The van der Waals surface area contributed by atoms with Crippen molar-refractivity contribution in [1.82, 2.24) is 5.32 Å². The number of nitrogen functional groups attached to an aromatic ring is 1. The smallest absolute Gasteiger partial charge is 0.263 e. The molecule has 0 bridgehead atoms. The molecule has 4 N–H and O–H groups in total. The Bertz CT molecular complexity index is 496. The number of rotatable bonds is 5. The third-order valence-corrected chi connectivity index (χ3v) is 5.04. The number of nitrogens with one attached hydrogen (secondary N) is 1. The molecule has 2 heterocycles. The van der Waals surface area contributed by atoms with Gasteiger partial charge in [-0.05, 0) is 25.7 Å². The highest BCUT2D eigenvalue weighted by Gasteiger charge is 2.27. The minimum Gasteiger partial charge on any atom is -0.492 e. The van der Waals surface area contributed by atoms with Gasteiger partial charge >= 0.3 is 0 Å². The van der Waals surface area contributed by atoms with Crippen LogP contribution >= 0.6 is 11.3 Å². The number of nitrogens with two attached hydrogens (primary N) is 1. The summed E-state index contributed by atoms with van der Waals surface area (Å²) in [7, 11) is 1.57. The predicted molar refractivity (Wildman–Crippen MR) is 85.3 cm³/mol.